The Kier molecular flexibility index (Phi) is 12.1. The van der Waals surface area contributed by atoms with Crippen molar-refractivity contribution in [1.29, 1.82) is 0 Å². The Morgan fingerprint density at radius 2 is 1.53 bits per heavy atom. The van der Waals surface area contributed by atoms with E-state index in [0.29, 0.717) is 0 Å². The summed E-state index contributed by atoms with van der Waals surface area (Å²) in [6.07, 6.45) is 12.7. The van der Waals surface area contributed by atoms with Crippen molar-refractivity contribution in [2.75, 3.05) is 0 Å². The van der Waals surface area contributed by atoms with Crippen molar-refractivity contribution < 1.29 is 30.0 Å². The average Bonchev–Trinajstić information content (AvgIpc) is 3.57. The largest absolute Gasteiger partial charge is 0.512 e. The standard InChI is InChI=1S/C30H19N2S.C15H28O2.Ir/c1-2-6-19(7-3-1)26-17-22(16-20-8-4-5-9-23(20)26)29-30-25(13-15-32-29)28-24-12-14-31-18-21(24)10-11-27(28)33-30;1-7-14(5,8-2)12(16)11-13(17)15(6,9-3)10-4;/h1-9,12-15,17-18H,10-11H2;11,16H,7-10H2,1-6H3;/q-1;;/b;12-11-;. The summed E-state index contributed by atoms with van der Waals surface area (Å²) in [5, 5.41) is 13.8. The molecule has 6 heteroatoms. The van der Waals surface area contributed by atoms with Crippen molar-refractivity contribution in [3.05, 3.63) is 120 Å². The number of aromatic nitrogens is 2. The third-order valence-electron chi connectivity index (χ3n) is 11.2. The van der Waals surface area contributed by atoms with Crippen LogP contribution in [0.25, 0.3) is 54.4 Å². The molecule has 1 N–H and O–H groups in total. The first kappa shape index (κ1) is 38.3. The molecule has 0 aliphatic heterocycles. The number of aryl methyl sites for hydroxylation is 2. The molecular formula is C45H47IrN2O2S-. The predicted octanol–water partition coefficient (Wildman–Crippen LogP) is 12.4. The number of ketones is 1. The zero-order valence-corrected chi connectivity index (χ0v) is 33.7. The minimum Gasteiger partial charge on any atom is -0.512 e. The van der Waals surface area contributed by atoms with Gasteiger partial charge in [0.1, 0.15) is 5.76 Å². The molecule has 0 spiro atoms. The Bertz CT molecular complexity index is 2180. The van der Waals surface area contributed by atoms with Crippen LogP contribution in [0.2, 0.25) is 0 Å². The van der Waals surface area contributed by atoms with Gasteiger partial charge in [-0.15, -0.1) is 34.9 Å². The molecule has 0 unspecified atom stereocenters. The number of aliphatic hydroxyl groups excluding tert-OH is 1. The van der Waals surface area contributed by atoms with Crippen LogP contribution < -0.4 is 0 Å². The number of benzene rings is 3. The van der Waals surface area contributed by atoms with Crippen LogP contribution >= 0.6 is 11.3 Å². The van der Waals surface area contributed by atoms with Crippen LogP contribution in [0.5, 0.6) is 0 Å². The van der Waals surface area contributed by atoms with E-state index in [1.54, 1.807) is 0 Å². The Morgan fingerprint density at radius 1 is 0.843 bits per heavy atom. The molecule has 3 heterocycles. The monoisotopic (exact) mass is 872 g/mol. The molecule has 0 atom stereocenters. The molecule has 51 heavy (non-hydrogen) atoms. The van der Waals surface area contributed by atoms with Crippen LogP contribution in [0.1, 0.15) is 77.7 Å². The molecular weight excluding hydrogens is 825 g/mol. The number of rotatable bonds is 9. The van der Waals surface area contributed by atoms with E-state index in [4.69, 9.17) is 4.98 Å². The Hall–Kier alpha value is -3.96. The van der Waals surface area contributed by atoms with Gasteiger partial charge in [-0.2, -0.15) is 0 Å². The number of carbonyl (C=O) groups excluding carboxylic acids is 1. The van der Waals surface area contributed by atoms with E-state index >= 15 is 0 Å². The summed E-state index contributed by atoms with van der Waals surface area (Å²) in [5.74, 6) is 0.286. The summed E-state index contributed by atoms with van der Waals surface area (Å²) in [6, 6.07) is 29.4. The summed E-state index contributed by atoms with van der Waals surface area (Å²) in [4.78, 5) is 22.9. The van der Waals surface area contributed by atoms with Gasteiger partial charge in [-0.1, -0.05) is 107 Å². The number of hydrogen-bond acceptors (Lipinski definition) is 5. The van der Waals surface area contributed by atoms with Gasteiger partial charge in [0, 0.05) is 76.4 Å². The molecule has 0 amide bonds. The SMILES string of the molecule is CCC(C)(CC)C(=O)/C=C(\O)C(C)(CC)CC.[Ir].[c-]1c(-c2nccc3c4c(sc23)CCc2cnccc2-4)cc(-c2ccccc2)c2ccccc12. The molecule has 3 aromatic heterocycles. The molecule has 0 saturated carbocycles. The number of fused-ring (bicyclic) bond motifs is 6. The van der Waals surface area contributed by atoms with Gasteiger partial charge in [0.25, 0.3) is 0 Å². The maximum atomic E-state index is 12.2. The van der Waals surface area contributed by atoms with E-state index < -0.39 is 0 Å². The fourth-order valence-corrected chi connectivity index (χ4v) is 8.06. The van der Waals surface area contributed by atoms with Gasteiger partial charge >= 0.3 is 0 Å². The van der Waals surface area contributed by atoms with E-state index in [1.807, 2.05) is 71.5 Å². The molecule has 265 valence electrons. The molecule has 1 aliphatic carbocycles. The van der Waals surface area contributed by atoms with Crippen molar-refractivity contribution in [2.45, 2.75) is 80.1 Å². The minimum atomic E-state index is -0.337. The minimum absolute atomic E-state index is 0. The van der Waals surface area contributed by atoms with Gasteiger partial charge in [-0.05, 0) is 72.7 Å². The predicted molar refractivity (Wildman–Crippen MR) is 211 cm³/mol. The number of allylic oxidation sites excluding steroid dienone is 2. The van der Waals surface area contributed by atoms with Crippen molar-refractivity contribution in [3.63, 3.8) is 0 Å². The maximum absolute atomic E-state index is 12.2. The number of nitrogens with zero attached hydrogens (tertiary/aromatic N) is 2. The normalized spacial score (nSPS) is 12.8. The summed E-state index contributed by atoms with van der Waals surface area (Å²) in [7, 11) is 0. The van der Waals surface area contributed by atoms with Gasteiger partial charge < -0.3 is 5.11 Å². The second kappa shape index (κ2) is 16.2. The van der Waals surface area contributed by atoms with E-state index in [-0.39, 0.29) is 42.5 Å². The van der Waals surface area contributed by atoms with Crippen molar-refractivity contribution in [3.8, 4) is 33.5 Å². The average molecular weight is 872 g/mol. The number of thiophene rings is 1. The molecule has 0 bridgehead atoms. The fourth-order valence-electron chi connectivity index (χ4n) is 6.75. The van der Waals surface area contributed by atoms with Crippen molar-refractivity contribution in [2.24, 2.45) is 10.8 Å². The van der Waals surface area contributed by atoms with Crippen molar-refractivity contribution >= 4 is 38.0 Å². The first-order chi connectivity index (χ1) is 24.2. The Balaban J connectivity index is 0.000000242. The Labute approximate surface area is 320 Å². The van der Waals surface area contributed by atoms with E-state index in [2.05, 4.69) is 83.8 Å². The van der Waals surface area contributed by atoms with Gasteiger partial charge in [0.05, 0.1) is 0 Å². The maximum Gasteiger partial charge on any atom is 0.164 e. The van der Waals surface area contributed by atoms with Crippen LogP contribution in [0.15, 0.2) is 103 Å². The molecule has 1 aliphatic rings. The number of aliphatic hydroxyl groups is 1. The fraction of sp³-hybridized carbons (Fsp3) is 0.311. The third kappa shape index (κ3) is 7.51. The quantitative estimate of drug-likeness (QED) is 0.0893. The number of hydrogen-bond donors (Lipinski definition) is 1. The Morgan fingerprint density at radius 3 is 2.24 bits per heavy atom. The smallest absolute Gasteiger partial charge is 0.164 e. The van der Waals surface area contributed by atoms with Crippen LogP contribution in [0.3, 0.4) is 0 Å². The second-order valence-electron chi connectivity index (χ2n) is 13.9. The van der Waals surface area contributed by atoms with Crippen LogP contribution in [0, 0.1) is 16.9 Å². The number of carbonyl (C=O) groups is 1. The van der Waals surface area contributed by atoms with E-state index in [9.17, 15) is 9.90 Å². The molecule has 4 nitrogen and oxygen atoms in total. The summed E-state index contributed by atoms with van der Waals surface area (Å²) in [6.45, 7) is 12.1. The van der Waals surface area contributed by atoms with Crippen LogP contribution in [-0.2, 0) is 37.7 Å². The van der Waals surface area contributed by atoms with Gasteiger partial charge in [-0.3, -0.25) is 14.8 Å². The first-order valence-electron chi connectivity index (χ1n) is 18.0. The van der Waals surface area contributed by atoms with E-state index in [1.165, 1.54) is 54.2 Å². The molecule has 7 rings (SSSR count). The zero-order valence-electron chi connectivity index (χ0n) is 30.5. The van der Waals surface area contributed by atoms with Crippen molar-refractivity contribution in [1.82, 2.24) is 9.97 Å². The molecule has 1 radical (unpaired) electrons. The first-order valence-corrected chi connectivity index (χ1v) is 18.8. The van der Waals surface area contributed by atoms with Crippen LogP contribution in [-0.4, -0.2) is 20.9 Å². The molecule has 0 saturated heterocycles. The topological polar surface area (TPSA) is 63.1 Å². The van der Waals surface area contributed by atoms with Gasteiger partial charge in [-0.25, -0.2) is 0 Å². The summed E-state index contributed by atoms with van der Waals surface area (Å²) in [5.41, 5.74) is 7.92. The van der Waals surface area contributed by atoms with E-state index in [0.717, 1.165) is 55.2 Å². The summed E-state index contributed by atoms with van der Waals surface area (Å²) >= 11 is 1.89. The molecule has 0 fully saturated rings. The molecule has 3 aromatic carbocycles. The van der Waals surface area contributed by atoms with Crippen LogP contribution in [0.4, 0.5) is 0 Å². The third-order valence-corrected chi connectivity index (χ3v) is 12.5. The summed E-state index contributed by atoms with van der Waals surface area (Å²) < 4.78 is 1.25. The second-order valence-corrected chi connectivity index (χ2v) is 15.0. The van der Waals surface area contributed by atoms with Gasteiger partial charge in [0.2, 0.25) is 0 Å². The number of pyridine rings is 2. The van der Waals surface area contributed by atoms with Gasteiger partial charge in [0.15, 0.2) is 5.78 Å². The zero-order chi connectivity index (χ0) is 35.5. The molecule has 6 aromatic rings.